The van der Waals surface area contributed by atoms with Gasteiger partial charge in [0.15, 0.2) is 0 Å². The number of aromatic nitrogens is 5. The van der Waals surface area contributed by atoms with Gasteiger partial charge in [0.05, 0.1) is 35.6 Å². The van der Waals surface area contributed by atoms with E-state index in [0.29, 0.717) is 5.39 Å². The minimum Gasteiger partial charge on any atom is -0.391 e. The normalized spacial score (nSPS) is 18.5. The number of hydrogen-bond donors (Lipinski definition) is 1. The molecule has 5 rings (SSSR count). The standard InChI is InChI=1S/C25H27N5O2/c1-15-16(2)24-20(25(32)30(14-26-24)22-5-4-6-23(22)31)12-19(15)11-17-7-9-18(10-8-17)21-13-29(3)28-27-21/h7-10,12-14,22-23,31H,4-6,11H2,1-3H3/t22-,23-/m0/s1. The lowest BCUT2D eigenvalue weighted by molar-refractivity contribution is 0.134. The zero-order valence-electron chi connectivity index (χ0n) is 18.6. The van der Waals surface area contributed by atoms with E-state index in [0.717, 1.165) is 64.7 Å². The molecular formula is C25H27N5O2. The molecule has 1 N–H and O–H groups in total. The highest BCUT2D eigenvalue weighted by Crippen LogP contribution is 2.30. The summed E-state index contributed by atoms with van der Waals surface area (Å²) in [6.45, 7) is 4.12. The Labute approximate surface area is 186 Å². The third-order valence-electron chi connectivity index (χ3n) is 6.80. The maximum atomic E-state index is 13.3. The van der Waals surface area contributed by atoms with Crippen molar-refractivity contribution in [3.63, 3.8) is 0 Å². The summed E-state index contributed by atoms with van der Waals surface area (Å²) in [5.74, 6) is 0. The summed E-state index contributed by atoms with van der Waals surface area (Å²) in [5, 5.41) is 19.1. The van der Waals surface area contributed by atoms with Gasteiger partial charge in [-0.2, -0.15) is 0 Å². The number of aryl methyl sites for hydroxylation is 2. The van der Waals surface area contributed by atoms with Crippen LogP contribution in [0.1, 0.15) is 47.6 Å². The van der Waals surface area contributed by atoms with Crippen LogP contribution in [0.25, 0.3) is 22.2 Å². The molecule has 0 aliphatic heterocycles. The predicted octanol–water partition coefficient (Wildman–Crippen LogP) is 3.49. The van der Waals surface area contributed by atoms with Crippen molar-refractivity contribution in [3.8, 4) is 11.3 Å². The smallest absolute Gasteiger partial charge is 0.261 e. The van der Waals surface area contributed by atoms with Gasteiger partial charge in [-0.25, -0.2) is 4.98 Å². The van der Waals surface area contributed by atoms with E-state index in [1.807, 2.05) is 26.2 Å². The fourth-order valence-electron chi connectivity index (χ4n) is 4.77. The van der Waals surface area contributed by atoms with Crippen LogP contribution in [0.4, 0.5) is 0 Å². The van der Waals surface area contributed by atoms with Crippen LogP contribution < -0.4 is 5.56 Å². The fraction of sp³-hybridized carbons (Fsp3) is 0.360. The molecule has 7 heteroatoms. The molecule has 0 saturated heterocycles. The van der Waals surface area contributed by atoms with Crippen molar-refractivity contribution in [2.75, 3.05) is 0 Å². The van der Waals surface area contributed by atoms with Gasteiger partial charge in [0, 0.05) is 12.6 Å². The average molecular weight is 430 g/mol. The summed E-state index contributed by atoms with van der Waals surface area (Å²) in [5.41, 5.74) is 7.01. The van der Waals surface area contributed by atoms with Crippen LogP contribution in [-0.4, -0.2) is 35.8 Å². The lowest BCUT2D eigenvalue weighted by Gasteiger charge is -2.19. The highest BCUT2D eigenvalue weighted by atomic mass is 16.3. The van der Waals surface area contributed by atoms with E-state index in [2.05, 4.69) is 46.5 Å². The van der Waals surface area contributed by atoms with E-state index in [9.17, 15) is 9.90 Å². The van der Waals surface area contributed by atoms with E-state index < -0.39 is 6.10 Å². The number of benzene rings is 2. The van der Waals surface area contributed by atoms with Crippen LogP contribution in [0.3, 0.4) is 0 Å². The largest absolute Gasteiger partial charge is 0.391 e. The first-order valence-corrected chi connectivity index (χ1v) is 11.1. The number of nitrogens with zero attached hydrogens (tertiary/aromatic N) is 5. The van der Waals surface area contributed by atoms with Crippen LogP contribution in [0.15, 0.2) is 47.7 Å². The summed E-state index contributed by atoms with van der Waals surface area (Å²) < 4.78 is 3.32. The van der Waals surface area contributed by atoms with E-state index in [1.165, 1.54) is 0 Å². The Hall–Kier alpha value is -3.32. The molecule has 0 amide bonds. The van der Waals surface area contributed by atoms with Crippen LogP contribution in [-0.2, 0) is 13.5 Å². The summed E-state index contributed by atoms with van der Waals surface area (Å²) in [7, 11) is 1.85. The van der Waals surface area contributed by atoms with Gasteiger partial charge in [-0.05, 0) is 67.9 Å². The lowest BCUT2D eigenvalue weighted by atomic mass is 9.94. The molecule has 0 radical (unpaired) electrons. The Morgan fingerprint density at radius 1 is 1.12 bits per heavy atom. The Kier molecular flexibility index (Phi) is 5.13. The highest BCUT2D eigenvalue weighted by Gasteiger charge is 2.28. The number of aliphatic hydroxyl groups is 1. The molecule has 1 aliphatic carbocycles. The highest BCUT2D eigenvalue weighted by molar-refractivity contribution is 5.83. The molecule has 2 aromatic carbocycles. The third-order valence-corrected chi connectivity index (χ3v) is 6.80. The Morgan fingerprint density at radius 2 is 1.91 bits per heavy atom. The second-order valence-electron chi connectivity index (χ2n) is 8.86. The minimum absolute atomic E-state index is 0.0664. The van der Waals surface area contributed by atoms with Crippen molar-refractivity contribution < 1.29 is 5.11 Å². The minimum atomic E-state index is -0.481. The average Bonchev–Trinajstić information content (AvgIpc) is 3.41. The maximum Gasteiger partial charge on any atom is 0.261 e. The van der Waals surface area contributed by atoms with E-state index >= 15 is 0 Å². The van der Waals surface area contributed by atoms with Crippen LogP contribution in [0, 0.1) is 13.8 Å². The van der Waals surface area contributed by atoms with Crippen molar-refractivity contribution in [3.05, 3.63) is 75.5 Å². The molecule has 0 bridgehead atoms. The topological polar surface area (TPSA) is 85.8 Å². The van der Waals surface area contributed by atoms with Crippen molar-refractivity contribution in [1.82, 2.24) is 24.5 Å². The van der Waals surface area contributed by atoms with Gasteiger partial charge in [-0.15, -0.1) is 5.10 Å². The van der Waals surface area contributed by atoms with E-state index in [4.69, 9.17) is 0 Å². The molecule has 2 heterocycles. The molecule has 0 spiro atoms. The quantitative estimate of drug-likeness (QED) is 0.537. The van der Waals surface area contributed by atoms with Crippen LogP contribution >= 0.6 is 0 Å². The van der Waals surface area contributed by atoms with Crippen molar-refractivity contribution in [2.24, 2.45) is 7.05 Å². The Morgan fingerprint density at radius 3 is 2.56 bits per heavy atom. The van der Waals surface area contributed by atoms with Gasteiger partial charge >= 0.3 is 0 Å². The fourth-order valence-corrected chi connectivity index (χ4v) is 4.77. The molecule has 1 aliphatic rings. The molecule has 2 atom stereocenters. The van der Waals surface area contributed by atoms with Crippen molar-refractivity contribution in [2.45, 2.75) is 51.7 Å². The molecule has 0 unspecified atom stereocenters. The van der Waals surface area contributed by atoms with E-state index in [1.54, 1.807) is 15.6 Å². The van der Waals surface area contributed by atoms with Gasteiger partial charge in [0.1, 0.15) is 5.69 Å². The summed E-state index contributed by atoms with van der Waals surface area (Å²) in [6, 6.07) is 10.1. The first kappa shape index (κ1) is 20.6. The van der Waals surface area contributed by atoms with Gasteiger partial charge in [-0.3, -0.25) is 14.0 Å². The first-order chi connectivity index (χ1) is 15.4. The van der Waals surface area contributed by atoms with Crippen LogP contribution in [0.2, 0.25) is 0 Å². The van der Waals surface area contributed by atoms with Gasteiger partial charge in [0.2, 0.25) is 0 Å². The predicted molar refractivity (Wildman–Crippen MR) is 124 cm³/mol. The third kappa shape index (κ3) is 3.52. The number of fused-ring (bicyclic) bond motifs is 1. The molecule has 32 heavy (non-hydrogen) atoms. The molecule has 4 aromatic rings. The zero-order chi connectivity index (χ0) is 22.4. The second kappa shape index (κ2) is 7.98. The second-order valence-corrected chi connectivity index (χ2v) is 8.86. The summed E-state index contributed by atoms with van der Waals surface area (Å²) >= 11 is 0. The number of aliphatic hydroxyl groups excluding tert-OH is 1. The Bertz CT molecular complexity index is 1350. The lowest BCUT2D eigenvalue weighted by Crippen LogP contribution is -2.29. The maximum absolute atomic E-state index is 13.3. The summed E-state index contributed by atoms with van der Waals surface area (Å²) in [6.07, 6.45) is 6.22. The zero-order valence-corrected chi connectivity index (χ0v) is 18.6. The molecular weight excluding hydrogens is 402 g/mol. The Balaban J connectivity index is 1.51. The summed E-state index contributed by atoms with van der Waals surface area (Å²) in [4.78, 5) is 17.9. The molecule has 1 saturated carbocycles. The molecule has 1 fully saturated rings. The van der Waals surface area contributed by atoms with Crippen molar-refractivity contribution in [1.29, 1.82) is 0 Å². The number of hydrogen-bond acceptors (Lipinski definition) is 5. The molecule has 164 valence electrons. The molecule has 2 aromatic heterocycles. The first-order valence-electron chi connectivity index (χ1n) is 11.1. The van der Waals surface area contributed by atoms with Gasteiger partial charge in [0.25, 0.3) is 5.56 Å². The monoisotopic (exact) mass is 429 g/mol. The molecule has 7 nitrogen and oxygen atoms in total. The van der Waals surface area contributed by atoms with Gasteiger partial charge in [-0.1, -0.05) is 29.5 Å². The van der Waals surface area contributed by atoms with E-state index in [-0.39, 0.29) is 11.6 Å². The van der Waals surface area contributed by atoms with Gasteiger partial charge < -0.3 is 5.11 Å². The number of rotatable bonds is 4. The van der Waals surface area contributed by atoms with Crippen LogP contribution in [0.5, 0.6) is 0 Å². The van der Waals surface area contributed by atoms with Crippen molar-refractivity contribution >= 4 is 10.9 Å². The SMILES string of the molecule is Cc1c(Cc2ccc(-c3cn(C)nn3)cc2)cc2c(=O)n([C@H]3CCC[C@@H]3O)cnc2c1C.